The average molecular weight is 399 g/mol. The third-order valence-corrected chi connectivity index (χ3v) is 4.19. The molecule has 0 aromatic heterocycles. The van der Waals surface area contributed by atoms with Crippen LogP contribution in [0.5, 0.6) is 0 Å². The molecule has 0 aliphatic heterocycles. The molecule has 1 aromatic carbocycles. The van der Waals surface area contributed by atoms with Gasteiger partial charge in [-0.15, -0.1) is 0 Å². The number of halogens is 5. The average Bonchev–Trinajstić information content (AvgIpc) is 3.24. The standard InChI is InChI=1S/C14H15BrF4N2O2/c15-10-3-1-2-9(11(10)16)12(14(17,18)19)21(8-4-5-8)7-6-20-13(22)23/h1-3,8,12,20H,4-7H2,(H,22,23). The Bertz CT molecular complexity index is 578. The van der Waals surface area contributed by atoms with Crippen LogP contribution < -0.4 is 5.32 Å². The highest BCUT2D eigenvalue weighted by molar-refractivity contribution is 9.10. The molecule has 1 amide bonds. The van der Waals surface area contributed by atoms with Crippen LogP contribution in [-0.4, -0.2) is 41.4 Å². The maximum absolute atomic E-state index is 14.2. The molecule has 2 rings (SSSR count). The van der Waals surface area contributed by atoms with Crippen LogP contribution in [0.25, 0.3) is 0 Å². The molecule has 1 atom stereocenters. The van der Waals surface area contributed by atoms with Crippen molar-refractivity contribution in [2.45, 2.75) is 31.1 Å². The predicted molar refractivity (Wildman–Crippen MR) is 78.7 cm³/mol. The van der Waals surface area contributed by atoms with Gasteiger partial charge >= 0.3 is 12.3 Å². The summed E-state index contributed by atoms with van der Waals surface area (Å²) >= 11 is 2.90. The number of benzene rings is 1. The minimum atomic E-state index is -4.67. The summed E-state index contributed by atoms with van der Waals surface area (Å²) in [7, 11) is 0. The van der Waals surface area contributed by atoms with E-state index >= 15 is 0 Å². The Labute approximate surface area is 138 Å². The summed E-state index contributed by atoms with van der Waals surface area (Å²) in [6, 6.07) is 1.36. The van der Waals surface area contributed by atoms with Crippen LogP contribution in [0.2, 0.25) is 0 Å². The summed E-state index contributed by atoms with van der Waals surface area (Å²) in [6.07, 6.45) is -4.82. The lowest BCUT2D eigenvalue weighted by Gasteiger charge is -2.33. The van der Waals surface area contributed by atoms with Crippen molar-refractivity contribution in [1.82, 2.24) is 10.2 Å². The summed E-state index contributed by atoms with van der Waals surface area (Å²) in [5.41, 5.74) is -0.464. The number of carboxylic acid groups (broad SMARTS) is 1. The summed E-state index contributed by atoms with van der Waals surface area (Å²) in [5, 5.41) is 10.6. The van der Waals surface area contributed by atoms with Gasteiger partial charge in [0.25, 0.3) is 0 Å². The first-order chi connectivity index (χ1) is 10.7. The fourth-order valence-electron chi connectivity index (χ4n) is 2.50. The highest BCUT2D eigenvalue weighted by Gasteiger charge is 2.49. The van der Waals surface area contributed by atoms with Crippen molar-refractivity contribution >= 4 is 22.0 Å². The number of alkyl halides is 3. The Hall–Kier alpha value is -1.35. The molecule has 1 unspecified atom stereocenters. The van der Waals surface area contributed by atoms with E-state index in [1.807, 2.05) is 5.32 Å². The Morgan fingerprint density at radius 1 is 1.43 bits per heavy atom. The molecular weight excluding hydrogens is 384 g/mol. The lowest BCUT2D eigenvalue weighted by molar-refractivity contribution is -0.188. The summed E-state index contributed by atoms with van der Waals surface area (Å²) in [4.78, 5) is 11.6. The van der Waals surface area contributed by atoms with Crippen LogP contribution in [0.3, 0.4) is 0 Å². The molecule has 0 bridgehead atoms. The smallest absolute Gasteiger partial charge is 0.408 e. The number of nitrogens with zero attached hydrogens (tertiary/aromatic N) is 1. The van der Waals surface area contributed by atoms with Crippen molar-refractivity contribution in [1.29, 1.82) is 0 Å². The summed E-state index contributed by atoms with van der Waals surface area (Å²) < 4.78 is 54.9. The predicted octanol–water partition coefficient (Wildman–Crippen LogP) is 3.92. The number of carbonyl (C=O) groups is 1. The van der Waals surface area contributed by atoms with Crippen LogP contribution in [0.1, 0.15) is 24.4 Å². The highest BCUT2D eigenvalue weighted by Crippen LogP contribution is 2.44. The molecule has 2 N–H and O–H groups in total. The number of amides is 1. The van der Waals surface area contributed by atoms with Crippen LogP contribution in [0, 0.1) is 5.82 Å². The lowest BCUT2D eigenvalue weighted by atomic mass is 10.0. The van der Waals surface area contributed by atoms with E-state index in [0.29, 0.717) is 12.8 Å². The van der Waals surface area contributed by atoms with E-state index in [1.165, 1.54) is 12.1 Å². The zero-order chi connectivity index (χ0) is 17.2. The Morgan fingerprint density at radius 3 is 2.61 bits per heavy atom. The molecule has 1 aliphatic rings. The highest BCUT2D eigenvalue weighted by atomic mass is 79.9. The van der Waals surface area contributed by atoms with Gasteiger partial charge in [0.15, 0.2) is 0 Å². The van der Waals surface area contributed by atoms with E-state index < -0.39 is 29.7 Å². The van der Waals surface area contributed by atoms with Crippen LogP contribution in [0.4, 0.5) is 22.4 Å². The molecule has 1 fully saturated rings. The molecule has 0 radical (unpaired) electrons. The quantitative estimate of drug-likeness (QED) is 0.714. The first-order valence-corrected chi connectivity index (χ1v) is 7.74. The maximum Gasteiger partial charge on any atom is 0.408 e. The largest absolute Gasteiger partial charge is 0.465 e. The third kappa shape index (κ3) is 4.57. The fraction of sp³-hybridized carbons (Fsp3) is 0.500. The second-order valence-electron chi connectivity index (χ2n) is 5.29. The molecular formula is C14H15BrF4N2O2. The van der Waals surface area contributed by atoms with Crippen molar-refractivity contribution in [3.05, 3.63) is 34.1 Å². The van der Waals surface area contributed by atoms with Gasteiger partial charge in [-0.25, -0.2) is 9.18 Å². The minimum Gasteiger partial charge on any atom is -0.465 e. The molecule has 1 aliphatic carbocycles. The molecule has 4 nitrogen and oxygen atoms in total. The van der Waals surface area contributed by atoms with Gasteiger partial charge in [0, 0.05) is 24.7 Å². The van der Waals surface area contributed by atoms with Crippen molar-refractivity contribution < 1.29 is 27.5 Å². The topological polar surface area (TPSA) is 52.6 Å². The van der Waals surface area contributed by atoms with E-state index in [1.54, 1.807) is 0 Å². The van der Waals surface area contributed by atoms with Crippen LogP contribution in [0.15, 0.2) is 22.7 Å². The molecule has 0 saturated heterocycles. The second-order valence-corrected chi connectivity index (χ2v) is 6.14. The Kier molecular flexibility index (Phi) is 5.51. The van der Waals surface area contributed by atoms with Crippen molar-refractivity contribution in [2.75, 3.05) is 13.1 Å². The molecule has 23 heavy (non-hydrogen) atoms. The second kappa shape index (κ2) is 7.04. The SMILES string of the molecule is O=C(O)NCCN(C1CC1)C(c1cccc(Br)c1F)C(F)(F)F. The number of hydrogen-bond acceptors (Lipinski definition) is 2. The molecule has 1 aromatic rings. The van der Waals surface area contributed by atoms with Gasteiger partial charge < -0.3 is 10.4 Å². The normalized spacial score (nSPS) is 16.4. The zero-order valence-electron chi connectivity index (χ0n) is 11.9. The van der Waals surface area contributed by atoms with E-state index in [2.05, 4.69) is 15.9 Å². The summed E-state index contributed by atoms with van der Waals surface area (Å²) in [5.74, 6) is -0.952. The monoisotopic (exact) mass is 398 g/mol. The minimum absolute atomic E-state index is 0.0383. The first-order valence-electron chi connectivity index (χ1n) is 6.95. The summed E-state index contributed by atoms with van der Waals surface area (Å²) in [6.45, 7) is -0.304. The van der Waals surface area contributed by atoms with Gasteiger partial charge in [0.2, 0.25) is 0 Å². The fourth-order valence-corrected chi connectivity index (χ4v) is 2.88. The van der Waals surface area contributed by atoms with E-state index in [-0.39, 0.29) is 23.6 Å². The molecule has 128 valence electrons. The van der Waals surface area contributed by atoms with E-state index in [0.717, 1.165) is 11.0 Å². The van der Waals surface area contributed by atoms with Gasteiger partial charge in [-0.3, -0.25) is 4.90 Å². The third-order valence-electron chi connectivity index (χ3n) is 3.58. The van der Waals surface area contributed by atoms with Gasteiger partial charge in [0.1, 0.15) is 11.9 Å². The molecule has 9 heteroatoms. The Balaban J connectivity index is 2.31. The molecule has 0 spiro atoms. The van der Waals surface area contributed by atoms with Crippen molar-refractivity contribution in [3.63, 3.8) is 0 Å². The van der Waals surface area contributed by atoms with Crippen molar-refractivity contribution in [2.24, 2.45) is 0 Å². The van der Waals surface area contributed by atoms with Crippen LogP contribution >= 0.6 is 15.9 Å². The van der Waals surface area contributed by atoms with Gasteiger partial charge in [-0.2, -0.15) is 13.2 Å². The molecule has 1 saturated carbocycles. The van der Waals surface area contributed by atoms with Gasteiger partial charge in [-0.05, 0) is 34.8 Å². The molecule has 0 heterocycles. The zero-order valence-corrected chi connectivity index (χ0v) is 13.5. The number of nitrogens with one attached hydrogen (secondary N) is 1. The lowest BCUT2D eigenvalue weighted by Crippen LogP contribution is -2.44. The maximum atomic E-state index is 14.2. The Morgan fingerprint density at radius 2 is 2.09 bits per heavy atom. The number of rotatable bonds is 6. The first kappa shape index (κ1) is 18.0. The van der Waals surface area contributed by atoms with Crippen molar-refractivity contribution in [3.8, 4) is 0 Å². The number of hydrogen-bond donors (Lipinski definition) is 2. The van der Waals surface area contributed by atoms with Gasteiger partial charge in [0.05, 0.1) is 4.47 Å². The van der Waals surface area contributed by atoms with Crippen LogP contribution in [-0.2, 0) is 0 Å². The van der Waals surface area contributed by atoms with E-state index in [9.17, 15) is 22.4 Å². The van der Waals surface area contributed by atoms with E-state index in [4.69, 9.17) is 5.11 Å². The van der Waals surface area contributed by atoms with Gasteiger partial charge in [-0.1, -0.05) is 12.1 Å².